The molecule has 0 N–H and O–H groups in total. The molecule has 0 unspecified atom stereocenters. The molecule has 3 aromatic rings. The van der Waals surface area contributed by atoms with Gasteiger partial charge in [-0.25, -0.2) is 8.78 Å². The Hall–Kier alpha value is -3.68. The van der Waals surface area contributed by atoms with Gasteiger partial charge >= 0.3 is 12.2 Å². The van der Waals surface area contributed by atoms with Crippen LogP contribution < -0.4 is 9.47 Å². The highest BCUT2D eigenvalue weighted by atomic mass is 19.3. The van der Waals surface area contributed by atoms with E-state index in [-0.39, 0.29) is 6.26 Å². The zero-order valence-electron chi connectivity index (χ0n) is 22.7. The molecule has 0 heterocycles. The van der Waals surface area contributed by atoms with Crippen LogP contribution in [0, 0.1) is 23.5 Å². The van der Waals surface area contributed by atoms with Gasteiger partial charge in [-0.1, -0.05) is 74.7 Å². The van der Waals surface area contributed by atoms with Crippen LogP contribution in [0.25, 0.3) is 17.2 Å². The predicted octanol–water partition coefficient (Wildman–Crippen LogP) is 10.9. The number of halogens is 6. The molecule has 0 saturated heterocycles. The molecule has 0 bridgehead atoms. The quantitative estimate of drug-likeness (QED) is 0.168. The highest BCUT2D eigenvalue weighted by molar-refractivity contribution is 5.66. The summed E-state index contributed by atoms with van der Waals surface area (Å²) >= 11 is 0. The van der Waals surface area contributed by atoms with E-state index >= 15 is 0 Å². The molecule has 0 radical (unpaired) electrons. The second kappa shape index (κ2) is 13.8. The van der Waals surface area contributed by atoms with E-state index < -0.39 is 40.9 Å². The Morgan fingerprint density at radius 3 is 2.02 bits per heavy atom. The third-order valence-electron chi connectivity index (χ3n) is 7.37. The molecule has 41 heavy (non-hydrogen) atoms. The molecule has 8 heteroatoms. The fraction of sp³-hybridized carbons (Fsp3) is 0.333. The van der Waals surface area contributed by atoms with Gasteiger partial charge in [-0.15, -0.1) is 0 Å². The second-order valence-corrected chi connectivity index (χ2v) is 10.3. The molecule has 0 aliphatic heterocycles. The highest BCUT2D eigenvalue weighted by Gasteiger charge is 2.35. The van der Waals surface area contributed by atoms with E-state index in [0.29, 0.717) is 23.6 Å². The van der Waals surface area contributed by atoms with Gasteiger partial charge in [-0.2, -0.15) is 17.6 Å². The Labute approximate surface area is 236 Å². The average Bonchev–Trinajstić information content (AvgIpc) is 2.95. The van der Waals surface area contributed by atoms with Crippen molar-refractivity contribution in [2.45, 2.75) is 58.0 Å². The zero-order chi connectivity index (χ0) is 29.4. The molecular weight excluding hydrogens is 542 g/mol. The molecule has 0 amide bonds. The van der Waals surface area contributed by atoms with Crippen molar-refractivity contribution in [3.05, 3.63) is 102 Å². The van der Waals surface area contributed by atoms with Gasteiger partial charge in [0.25, 0.3) is 0 Å². The third-order valence-corrected chi connectivity index (χ3v) is 7.37. The summed E-state index contributed by atoms with van der Waals surface area (Å²) in [5.74, 6) is -3.47. The van der Waals surface area contributed by atoms with Crippen LogP contribution in [0.15, 0.2) is 79.1 Å². The Kier molecular flexibility index (Phi) is 10.2. The summed E-state index contributed by atoms with van der Waals surface area (Å²) in [6.45, 7) is 2.24. The van der Waals surface area contributed by atoms with Crippen molar-refractivity contribution < 1.29 is 35.8 Å². The van der Waals surface area contributed by atoms with Crippen LogP contribution in [-0.4, -0.2) is 0 Å². The van der Waals surface area contributed by atoms with Crippen molar-refractivity contribution in [2.24, 2.45) is 11.8 Å². The Bertz CT molecular complexity index is 1310. The van der Waals surface area contributed by atoms with E-state index in [1.165, 1.54) is 69.2 Å². The molecule has 4 rings (SSSR count). The minimum atomic E-state index is -3.92. The largest absolute Gasteiger partial charge is 0.453 e. The summed E-state index contributed by atoms with van der Waals surface area (Å²) < 4.78 is 90.6. The lowest BCUT2D eigenvalue weighted by Gasteiger charge is -2.26. The number of hydrogen-bond acceptors (Lipinski definition) is 2. The van der Waals surface area contributed by atoms with E-state index in [4.69, 9.17) is 0 Å². The number of rotatable bonds is 11. The number of alkyl halides is 2. The molecular formula is C33H32F6O2. The van der Waals surface area contributed by atoms with Gasteiger partial charge in [0.15, 0.2) is 23.6 Å². The fourth-order valence-electron chi connectivity index (χ4n) is 5.07. The summed E-state index contributed by atoms with van der Waals surface area (Å²) in [4.78, 5) is 0. The van der Waals surface area contributed by atoms with Crippen molar-refractivity contribution in [3.63, 3.8) is 0 Å². The first kappa shape index (κ1) is 30.3. The minimum absolute atomic E-state index is 0.164. The molecule has 0 aromatic heterocycles. The smallest absolute Gasteiger partial charge is 0.426 e. The summed E-state index contributed by atoms with van der Waals surface area (Å²) in [7, 11) is 0. The van der Waals surface area contributed by atoms with Crippen molar-refractivity contribution >= 4 is 6.08 Å². The zero-order valence-corrected chi connectivity index (χ0v) is 22.7. The van der Waals surface area contributed by atoms with E-state index in [9.17, 15) is 26.3 Å². The van der Waals surface area contributed by atoms with Gasteiger partial charge in [0.2, 0.25) is 0 Å². The van der Waals surface area contributed by atoms with Crippen molar-refractivity contribution in [3.8, 4) is 22.6 Å². The van der Waals surface area contributed by atoms with Crippen LogP contribution in [-0.2, 0) is 6.11 Å². The first-order valence-electron chi connectivity index (χ1n) is 13.8. The van der Waals surface area contributed by atoms with E-state index in [0.717, 1.165) is 17.0 Å². The number of unbranched alkanes of at least 4 members (excludes halogenated alkanes) is 1. The summed E-state index contributed by atoms with van der Waals surface area (Å²) in [5.41, 5.74) is 2.08. The van der Waals surface area contributed by atoms with Crippen LogP contribution in [0.2, 0.25) is 0 Å². The highest BCUT2D eigenvalue weighted by Crippen LogP contribution is 2.36. The summed E-state index contributed by atoms with van der Waals surface area (Å²) in [5, 5.41) is 0. The second-order valence-electron chi connectivity index (χ2n) is 10.3. The summed E-state index contributed by atoms with van der Waals surface area (Å²) in [6.07, 6.45) is 6.99. The monoisotopic (exact) mass is 574 g/mol. The third kappa shape index (κ3) is 8.41. The molecule has 0 spiro atoms. The Morgan fingerprint density at radius 1 is 0.878 bits per heavy atom. The Balaban J connectivity index is 1.36. The molecule has 2 nitrogen and oxygen atoms in total. The van der Waals surface area contributed by atoms with Crippen LogP contribution in [0.5, 0.6) is 11.5 Å². The van der Waals surface area contributed by atoms with Gasteiger partial charge in [0, 0.05) is 12.1 Å². The lowest BCUT2D eigenvalue weighted by atomic mass is 9.79. The molecule has 218 valence electrons. The molecule has 1 aliphatic rings. The maximum Gasteiger partial charge on any atom is 0.426 e. The van der Waals surface area contributed by atoms with Crippen LogP contribution in [0.1, 0.15) is 63.0 Å². The van der Waals surface area contributed by atoms with Gasteiger partial charge in [-0.3, -0.25) is 0 Å². The fourth-order valence-corrected chi connectivity index (χ4v) is 5.07. The van der Waals surface area contributed by atoms with E-state index in [1.54, 1.807) is 0 Å². The lowest BCUT2D eigenvalue weighted by molar-refractivity contribution is -0.185. The number of benzene rings is 3. The van der Waals surface area contributed by atoms with E-state index in [2.05, 4.69) is 28.5 Å². The standard InChI is InChI=1S/C33H32F6O2/c1-2-3-4-22-5-7-23(8-6-22)9-10-24-11-13-25(14-12-24)26-15-17-27(18-16-26)33(38,39)41-28-19-29(34)32(30(35)20-28)40-21-31(36)37/h9-23H,2-8H2,1H3/b10-9+. The first-order chi connectivity index (χ1) is 19.6. The normalized spacial score (nSPS) is 17.4. The molecule has 3 aromatic carbocycles. The van der Waals surface area contributed by atoms with Gasteiger partial charge in [0.1, 0.15) is 5.75 Å². The van der Waals surface area contributed by atoms with Crippen LogP contribution in [0.4, 0.5) is 26.3 Å². The Morgan fingerprint density at radius 2 is 1.46 bits per heavy atom. The van der Waals surface area contributed by atoms with Crippen LogP contribution in [0.3, 0.4) is 0 Å². The van der Waals surface area contributed by atoms with Gasteiger partial charge < -0.3 is 9.47 Å². The predicted molar refractivity (Wildman–Crippen MR) is 148 cm³/mol. The topological polar surface area (TPSA) is 18.5 Å². The minimum Gasteiger partial charge on any atom is -0.453 e. The van der Waals surface area contributed by atoms with Gasteiger partial charge in [0.05, 0.1) is 5.56 Å². The molecule has 1 aliphatic carbocycles. The lowest BCUT2D eigenvalue weighted by Crippen LogP contribution is -2.22. The van der Waals surface area contributed by atoms with E-state index in [1.807, 2.05) is 24.3 Å². The maximum absolute atomic E-state index is 14.7. The van der Waals surface area contributed by atoms with Crippen molar-refractivity contribution in [2.75, 3.05) is 0 Å². The number of ether oxygens (including phenoxy) is 2. The molecule has 0 atom stereocenters. The number of allylic oxidation sites excluding steroid dienone is 1. The maximum atomic E-state index is 14.7. The number of hydrogen-bond donors (Lipinski definition) is 0. The molecule has 1 saturated carbocycles. The SMILES string of the molecule is CCCCC1CCC(/C=C/c2ccc(-c3ccc(C(F)(F)Oc4cc(F)c(OC=C(F)F)c(F)c4)cc3)cc2)CC1. The van der Waals surface area contributed by atoms with Crippen molar-refractivity contribution in [1.82, 2.24) is 0 Å². The molecule has 1 fully saturated rings. The van der Waals surface area contributed by atoms with Crippen LogP contribution >= 0.6 is 0 Å². The average molecular weight is 575 g/mol. The van der Waals surface area contributed by atoms with Crippen molar-refractivity contribution in [1.29, 1.82) is 0 Å². The van der Waals surface area contributed by atoms with Gasteiger partial charge in [-0.05, 0) is 66.3 Å². The summed E-state index contributed by atoms with van der Waals surface area (Å²) in [6, 6.07) is 14.0. The first-order valence-corrected chi connectivity index (χ1v) is 13.8.